The van der Waals surface area contributed by atoms with Crippen molar-refractivity contribution in [3.63, 3.8) is 0 Å². The van der Waals surface area contributed by atoms with Gasteiger partial charge in [0.15, 0.2) is 0 Å². The van der Waals surface area contributed by atoms with Crippen molar-refractivity contribution in [2.75, 3.05) is 38.8 Å². The first-order chi connectivity index (χ1) is 12.0. The molecule has 1 aromatic rings. The Hall–Kier alpha value is -2.02. The number of methoxy groups -OCH3 is 1. The van der Waals surface area contributed by atoms with Crippen LogP contribution in [0.3, 0.4) is 0 Å². The number of carbonyl (C=O) groups excluding carboxylic acids is 3. The predicted molar refractivity (Wildman–Crippen MR) is 95.6 cm³/mol. The quantitative estimate of drug-likeness (QED) is 0.755. The molecule has 0 aliphatic carbocycles. The molecule has 7 heteroatoms. The van der Waals surface area contributed by atoms with Gasteiger partial charge in [-0.15, -0.1) is 0 Å². The first kappa shape index (κ1) is 17.8. The highest BCUT2D eigenvalue weighted by molar-refractivity contribution is 7.99. The van der Waals surface area contributed by atoms with Gasteiger partial charge in [-0.25, -0.2) is 0 Å². The molecule has 0 radical (unpaired) electrons. The third kappa shape index (κ3) is 3.25. The van der Waals surface area contributed by atoms with Gasteiger partial charge in [0.25, 0.3) is 0 Å². The molecule has 25 heavy (non-hydrogen) atoms. The summed E-state index contributed by atoms with van der Waals surface area (Å²) in [4.78, 5) is 40.9. The fraction of sp³-hybridized carbons (Fsp3) is 0.500. The van der Waals surface area contributed by atoms with Crippen molar-refractivity contribution >= 4 is 29.5 Å². The van der Waals surface area contributed by atoms with Crippen LogP contribution in [0.5, 0.6) is 5.75 Å². The van der Waals surface area contributed by atoms with Gasteiger partial charge in [-0.1, -0.05) is 12.1 Å². The van der Waals surface area contributed by atoms with Gasteiger partial charge in [-0.05, 0) is 17.7 Å². The molecule has 2 aliphatic heterocycles. The van der Waals surface area contributed by atoms with Gasteiger partial charge in [-0.2, -0.15) is 11.8 Å². The number of benzene rings is 1. The summed E-state index contributed by atoms with van der Waals surface area (Å²) in [5, 5.41) is 0. The minimum absolute atomic E-state index is 0.0267. The number of ether oxygens (including phenoxy) is 1. The van der Waals surface area contributed by atoms with Crippen molar-refractivity contribution in [2.45, 2.75) is 18.3 Å². The Morgan fingerprint density at radius 1 is 1.20 bits per heavy atom. The van der Waals surface area contributed by atoms with Gasteiger partial charge in [0.2, 0.25) is 17.7 Å². The smallest absolute Gasteiger partial charge is 0.240 e. The molecule has 134 valence electrons. The second-order valence-electron chi connectivity index (χ2n) is 6.42. The third-order valence-corrected chi connectivity index (χ3v) is 5.94. The highest BCUT2D eigenvalue weighted by atomic mass is 32.2. The number of amides is 3. The van der Waals surface area contributed by atoms with Crippen molar-refractivity contribution in [2.24, 2.45) is 0 Å². The lowest BCUT2D eigenvalue weighted by Gasteiger charge is -2.32. The lowest BCUT2D eigenvalue weighted by Crippen LogP contribution is -2.45. The Morgan fingerprint density at radius 2 is 1.84 bits per heavy atom. The molecule has 3 rings (SSSR count). The van der Waals surface area contributed by atoms with E-state index in [1.165, 1.54) is 7.05 Å². The second-order valence-corrected chi connectivity index (χ2v) is 7.64. The highest BCUT2D eigenvalue weighted by Crippen LogP contribution is 2.40. The number of nitrogens with zero attached hydrogens (tertiary/aromatic N) is 2. The Balaban J connectivity index is 1.93. The summed E-state index contributed by atoms with van der Waals surface area (Å²) in [6.45, 7) is 1.39. The number of imide groups is 1. The van der Waals surface area contributed by atoms with E-state index >= 15 is 0 Å². The van der Waals surface area contributed by atoms with Crippen molar-refractivity contribution in [1.29, 1.82) is 0 Å². The van der Waals surface area contributed by atoms with E-state index in [-0.39, 0.29) is 30.6 Å². The molecule has 0 unspecified atom stereocenters. The maximum Gasteiger partial charge on any atom is 0.240 e. The first-order valence-corrected chi connectivity index (χ1v) is 9.44. The predicted octanol–water partition coefficient (Wildman–Crippen LogP) is 1.29. The minimum atomic E-state index is -1.11. The van der Waals surface area contributed by atoms with Gasteiger partial charge in [0, 0.05) is 44.5 Å². The summed E-state index contributed by atoms with van der Waals surface area (Å²) in [5.74, 6) is 1.88. The van der Waals surface area contributed by atoms with Crippen LogP contribution in [0.2, 0.25) is 0 Å². The lowest BCUT2D eigenvalue weighted by molar-refractivity contribution is -0.141. The monoisotopic (exact) mass is 362 g/mol. The van der Waals surface area contributed by atoms with Crippen LogP contribution in [0.15, 0.2) is 24.3 Å². The van der Waals surface area contributed by atoms with E-state index < -0.39 is 5.41 Å². The third-order valence-electron chi connectivity index (χ3n) is 5.00. The second kappa shape index (κ2) is 7.07. The van der Waals surface area contributed by atoms with Gasteiger partial charge in [-0.3, -0.25) is 19.3 Å². The average Bonchev–Trinajstić information content (AvgIpc) is 2.87. The first-order valence-electron chi connectivity index (χ1n) is 8.29. The van der Waals surface area contributed by atoms with Gasteiger partial charge in [0.1, 0.15) is 5.75 Å². The summed E-state index contributed by atoms with van der Waals surface area (Å²) in [7, 11) is 3.05. The molecule has 2 fully saturated rings. The topological polar surface area (TPSA) is 66.9 Å². The van der Waals surface area contributed by atoms with Gasteiger partial charge in [0.05, 0.1) is 12.5 Å². The molecule has 6 nitrogen and oxygen atoms in total. The summed E-state index contributed by atoms with van der Waals surface area (Å²) in [6.07, 6.45) is 0.0574. The SMILES string of the molecule is COc1ccc([C@@]2(CC(=O)N3CCSCC3)CC(=O)N(C)C2=O)cc1. The van der Waals surface area contributed by atoms with Crippen molar-refractivity contribution in [3.8, 4) is 5.75 Å². The number of carbonyl (C=O) groups is 3. The van der Waals surface area contributed by atoms with Gasteiger partial charge >= 0.3 is 0 Å². The van der Waals surface area contributed by atoms with E-state index in [9.17, 15) is 14.4 Å². The zero-order chi connectivity index (χ0) is 18.0. The lowest BCUT2D eigenvalue weighted by atomic mass is 9.75. The van der Waals surface area contributed by atoms with Crippen LogP contribution in [-0.2, 0) is 19.8 Å². The fourth-order valence-electron chi connectivity index (χ4n) is 3.45. The molecule has 2 aliphatic rings. The van der Waals surface area contributed by atoms with Crippen LogP contribution in [0.25, 0.3) is 0 Å². The summed E-state index contributed by atoms with van der Waals surface area (Å²) >= 11 is 1.82. The zero-order valence-electron chi connectivity index (χ0n) is 14.5. The number of thioether (sulfide) groups is 1. The molecule has 1 atom stereocenters. The van der Waals surface area contributed by atoms with Crippen molar-refractivity contribution in [1.82, 2.24) is 9.80 Å². The van der Waals surface area contributed by atoms with Crippen LogP contribution < -0.4 is 4.74 Å². The Labute approximate surface area is 151 Å². The molecular weight excluding hydrogens is 340 g/mol. The van der Waals surface area contributed by atoms with E-state index in [1.807, 2.05) is 11.8 Å². The van der Waals surface area contributed by atoms with Crippen LogP contribution >= 0.6 is 11.8 Å². The molecule has 0 aromatic heterocycles. The molecule has 0 saturated carbocycles. The minimum Gasteiger partial charge on any atom is -0.497 e. The molecule has 0 N–H and O–H groups in total. The average molecular weight is 362 g/mol. The molecular formula is C18H22N2O4S. The molecule has 2 saturated heterocycles. The molecule has 3 amide bonds. The van der Waals surface area contributed by atoms with E-state index in [0.29, 0.717) is 24.4 Å². The van der Waals surface area contributed by atoms with Crippen LogP contribution in [0.4, 0.5) is 0 Å². The maximum absolute atomic E-state index is 12.9. The van der Waals surface area contributed by atoms with Gasteiger partial charge < -0.3 is 9.64 Å². The van der Waals surface area contributed by atoms with E-state index in [0.717, 1.165) is 16.4 Å². The maximum atomic E-state index is 12.9. The fourth-order valence-corrected chi connectivity index (χ4v) is 4.35. The number of hydrogen-bond acceptors (Lipinski definition) is 5. The Morgan fingerprint density at radius 3 is 2.36 bits per heavy atom. The standard InChI is InChI=1S/C18H22N2O4S/c1-19-15(21)11-18(17(19)23,13-3-5-14(24-2)6-4-13)12-16(22)20-7-9-25-10-8-20/h3-6H,7-12H2,1-2H3/t18-/m0/s1. The largest absolute Gasteiger partial charge is 0.497 e. The number of likely N-dealkylation sites (N-methyl/N-ethyl adjacent to an activating group) is 1. The number of hydrogen-bond donors (Lipinski definition) is 0. The summed E-state index contributed by atoms with van der Waals surface area (Å²) in [6, 6.07) is 7.08. The van der Waals surface area contributed by atoms with E-state index in [2.05, 4.69) is 0 Å². The van der Waals surface area contributed by atoms with Crippen molar-refractivity contribution in [3.05, 3.63) is 29.8 Å². The summed E-state index contributed by atoms with van der Waals surface area (Å²) < 4.78 is 5.17. The summed E-state index contributed by atoms with van der Waals surface area (Å²) in [5.41, 5.74) is -0.421. The van der Waals surface area contributed by atoms with Crippen LogP contribution in [0, 0.1) is 0 Å². The number of rotatable bonds is 4. The van der Waals surface area contributed by atoms with E-state index in [1.54, 1.807) is 36.3 Å². The van der Waals surface area contributed by atoms with Crippen LogP contribution in [-0.4, -0.2) is 66.3 Å². The molecule has 1 aromatic carbocycles. The van der Waals surface area contributed by atoms with Crippen molar-refractivity contribution < 1.29 is 19.1 Å². The zero-order valence-corrected chi connectivity index (χ0v) is 15.3. The molecule has 0 bridgehead atoms. The Bertz CT molecular complexity index is 685. The normalized spacial score (nSPS) is 23.9. The Kier molecular flexibility index (Phi) is 5.03. The number of likely N-dealkylation sites (tertiary alicyclic amines) is 1. The molecule has 0 spiro atoms. The van der Waals surface area contributed by atoms with E-state index in [4.69, 9.17) is 4.74 Å². The highest BCUT2D eigenvalue weighted by Gasteiger charge is 2.52. The molecule has 2 heterocycles. The van der Waals surface area contributed by atoms with Crippen LogP contribution in [0.1, 0.15) is 18.4 Å².